The molecule has 5 rings (SSSR count). The maximum Gasteiger partial charge on any atom is 0.433 e. The number of fused-ring (bicyclic) bond motifs is 2. The van der Waals surface area contributed by atoms with E-state index in [0.717, 1.165) is 12.8 Å². The highest BCUT2D eigenvalue weighted by Gasteiger charge is 2.44. The average Bonchev–Trinajstić information content (AvgIpc) is 3.35. The van der Waals surface area contributed by atoms with Gasteiger partial charge in [-0.3, -0.25) is 0 Å². The van der Waals surface area contributed by atoms with Crippen LogP contribution in [-0.4, -0.2) is 49.0 Å². The minimum Gasteiger partial charge on any atom is -0.391 e. The Morgan fingerprint density at radius 3 is 2.52 bits per heavy atom. The average molecular weight is 408 g/mol. The zero-order valence-corrected chi connectivity index (χ0v) is 15.9. The molecule has 0 bridgehead atoms. The largest absolute Gasteiger partial charge is 0.433 e. The fraction of sp³-hybridized carbons (Fsp3) is 0.684. The standard InChI is InChI=1S/C19H23F3N6O/c20-19(21,22)17-13-3-1-2-4-14(13)25-18(26-17)27-7-11-5-15(28-10-23-9-24-28)16(29)6-12(11)8-27/h9-12,15-16,29H,1-8H2/t11-,12+,15-,16-/m1/s1. The first-order chi connectivity index (χ1) is 13.9. The molecule has 1 aliphatic heterocycles. The van der Waals surface area contributed by atoms with Gasteiger partial charge < -0.3 is 10.0 Å². The number of aliphatic hydroxyl groups is 1. The summed E-state index contributed by atoms with van der Waals surface area (Å²) in [5, 5.41) is 14.7. The van der Waals surface area contributed by atoms with Gasteiger partial charge in [-0.15, -0.1) is 0 Å². The van der Waals surface area contributed by atoms with E-state index < -0.39 is 18.0 Å². The van der Waals surface area contributed by atoms with Gasteiger partial charge in [0, 0.05) is 24.3 Å². The third kappa shape index (κ3) is 3.37. The lowest BCUT2D eigenvalue weighted by Gasteiger charge is -2.34. The molecule has 156 valence electrons. The second-order valence-corrected chi connectivity index (χ2v) is 8.41. The molecular weight excluding hydrogens is 385 g/mol. The quantitative estimate of drug-likeness (QED) is 0.822. The van der Waals surface area contributed by atoms with Crippen molar-refractivity contribution in [2.45, 2.75) is 56.8 Å². The molecule has 3 heterocycles. The van der Waals surface area contributed by atoms with Gasteiger partial charge in [-0.2, -0.15) is 18.3 Å². The summed E-state index contributed by atoms with van der Waals surface area (Å²) >= 11 is 0. The second-order valence-electron chi connectivity index (χ2n) is 8.41. The SMILES string of the molecule is O[C@@H]1C[C@H]2CN(c3nc4c(c(C(F)(F)F)n3)CCCC4)C[C@H]2C[C@H]1n1cncn1. The van der Waals surface area contributed by atoms with Crippen LogP contribution in [0.3, 0.4) is 0 Å². The van der Waals surface area contributed by atoms with Gasteiger partial charge in [-0.25, -0.2) is 19.6 Å². The van der Waals surface area contributed by atoms with E-state index in [1.165, 1.54) is 6.33 Å². The Balaban J connectivity index is 1.42. The normalized spacial score (nSPS) is 29.6. The van der Waals surface area contributed by atoms with Gasteiger partial charge >= 0.3 is 6.18 Å². The lowest BCUT2D eigenvalue weighted by atomic mass is 9.77. The van der Waals surface area contributed by atoms with Crippen LogP contribution >= 0.6 is 0 Å². The Hall–Kier alpha value is -2.23. The van der Waals surface area contributed by atoms with Crippen LogP contribution < -0.4 is 4.90 Å². The third-order valence-electron chi connectivity index (χ3n) is 6.61. The van der Waals surface area contributed by atoms with Gasteiger partial charge in [0.25, 0.3) is 0 Å². The molecule has 29 heavy (non-hydrogen) atoms. The smallest absolute Gasteiger partial charge is 0.391 e. The Bertz CT molecular complexity index is 887. The third-order valence-corrected chi connectivity index (χ3v) is 6.61. The molecule has 4 atom stereocenters. The molecule has 0 amide bonds. The van der Waals surface area contributed by atoms with Crippen molar-refractivity contribution in [1.29, 1.82) is 0 Å². The predicted molar refractivity (Wildman–Crippen MR) is 97.2 cm³/mol. The van der Waals surface area contributed by atoms with Crippen LogP contribution in [-0.2, 0) is 19.0 Å². The minimum atomic E-state index is -4.47. The van der Waals surface area contributed by atoms with E-state index >= 15 is 0 Å². The van der Waals surface area contributed by atoms with Gasteiger partial charge in [0.2, 0.25) is 5.95 Å². The van der Waals surface area contributed by atoms with Gasteiger partial charge in [-0.1, -0.05) is 0 Å². The van der Waals surface area contributed by atoms with E-state index in [4.69, 9.17) is 0 Å². The van der Waals surface area contributed by atoms with E-state index in [-0.39, 0.29) is 29.4 Å². The fourth-order valence-electron chi connectivity index (χ4n) is 5.20. The van der Waals surface area contributed by atoms with E-state index in [0.29, 0.717) is 44.5 Å². The number of hydrogen-bond donors (Lipinski definition) is 1. The fourth-order valence-corrected chi connectivity index (χ4v) is 5.20. The highest BCUT2D eigenvalue weighted by Crippen LogP contribution is 2.43. The van der Waals surface area contributed by atoms with Crippen LogP contribution in [0, 0.1) is 11.8 Å². The molecule has 2 fully saturated rings. The summed E-state index contributed by atoms with van der Waals surface area (Å²) in [5.41, 5.74) is 0.0438. The van der Waals surface area contributed by atoms with Gasteiger partial charge in [0.15, 0.2) is 5.69 Å². The Morgan fingerprint density at radius 2 is 1.79 bits per heavy atom. The number of aliphatic hydroxyl groups excluding tert-OH is 1. The maximum atomic E-state index is 13.6. The molecule has 3 aliphatic rings. The lowest BCUT2D eigenvalue weighted by molar-refractivity contribution is -0.142. The molecule has 0 aromatic carbocycles. The second kappa shape index (κ2) is 6.93. The summed E-state index contributed by atoms with van der Waals surface area (Å²) in [4.78, 5) is 14.4. The van der Waals surface area contributed by atoms with Crippen molar-refractivity contribution >= 4 is 5.95 Å². The molecule has 0 unspecified atom stereocenters. The molecule has 2 aromatic rings. The van der Waals surface area contributed by atoms with Crippen molar-refractivity contribution in [3.05, 3.63) is 29.6 Å². The van der Waals surface area contributed by atoms with Crippen LogP contribution in [0.2, 0.25) is 0 Å². The number of nitrogens with zero attached hydrogens (tertiary/aromatic N) is 6. The molecule has 0 spiro atoms. The Kier molecular flexibility index (Phi) is 4.49. The highest BCUT2D eigenvalue weighted by molar-refractivity contribution is 5.41. The predicted octanol–water partition coefficient (Wildman–Crippen LogP) is 2.41. The molecule has 7 nitrogen and oxygen atoms in total. The number of alkyl halides is 3. The summed E-state index contributed by atoms with van der Waals surface area (Å²) in [6.45, 7) is 1.17. The summed E-state index contributed by atoms with van der Waals surface area (Å²) in [6, 6.07) is -0.158. The first-order valence-corrected chi connectivity index (χ1v) is 10.1. The zero-order valence-electron chi connectivity index (χ0n) is 15.9. The summed E-state index contributed by atoms with van der Waals surface area (Å²) in [7, 11) is 0. The molecular formula is C19H23F3N6O. The molecule has 2 aromatic heterocycles. The highest BCUT2D eigenvalue weighted by atomic mass is 19.4. The van der Waals surface area contributed by atoms with Crippen LogP contribution in [0.1, 0.15) is 48.7 Å². The molecule has 1 N–H and O–H groups in total. The Morgan fingerprint density at radius 1 is 1.03 bits per heavy atom. The van der Waals surface area contributed by atoms with Crippen molar-refractivity contribution in [2.75, 3.05) is 18.0 Å². The minimum absolute atomic E-state index is 0.158. The maximum absolute atomic E-state index is 13.6. The number of hydrogen-bond acceptors (Lipinski definition) is 6. The lowest BCUT2D eigenvalue weighted by Crippen LogP contribution is -2.36. The zero-order chi connectivity index (χ0) is 20.2. The van der Waals surface area contributed by atoms with Gasteiger partial charge in [0.1, 0.15) is 12.7 Å². The molecule has 10 heteroatoms. The van der Waals surface area contributed by atoms with Crippen molar-refractivity contribution in [2.24, 2.45) is 11.8 Å². The summed E-state index contributed by atoms with van der Waals surface area (Å²) in [6.07, 6.45) is 1.89. The number of aryl methyl sites for hydroxylation is 1. The van der Waals surface area contributed by atoms with Crippen molar-refractivity contribution in [1.82, 2.24) is 24.7 Å². The van der Waals surface area contributed by atoms with E-state index in [1.807, 2.05) is 4.90 Å². The molecule has 0 radical (unpaired) electrons. The van der Waals surface area contributed by atoms with Crippen molar-refractivity contribution < 1.29 is 18.3 Å². The van der Waals surface area contributed by atoms with Crippen LogP contribution in [0.4, 0.5) is 19.1 Å². The number of aromatic nitrogens is 5. The monoisotopic (exact) mass is 408 g/mol. The van der Waals surface area contributed by atoms with Gasteiger partial charge in [-0.05, 0) is 50.4 Å². The Labute approximate surface area is 166 Å². The first kappa shape index (κ1) is 18.8. The van der Waals surface area contributed by atoms with Crippen LogP contribution in [0.15, 0.2) is 12.7 Å². The molecule has 1 saturated heterocycles. The number of rotatable bonds is 2. The number of anilines is 1. The number of halogens is 3. The van der Waals surface area contributed by atoms with E-state index in [2.05, 4.69) is 20.1 Å². The topological polar surface area (TPSA) is 80.0 Å². The van der Waals surface area contributed by atoms with Gasteiger partial charge in [0.05, 0.1) is 12.1 Å². The van der Waals surface area contributed by atoms with Crippen LogP contribution in [0.5, 0.6) is 0 Å². The van der Waals surface area contributed by atoms with E-state index in [9.17, 15) is 18.3 Å². The molecule has 2 aliphatic carbocycles. The van der Waals surface area contributed by atoms with Crippen molar-refractivity contribution in [3.63, 3.8) is 0 Å². The van der Waals surface area contributed by atoms with Crippen LogP contribution in [0.25, 0.3) is 0 Å². The summed E-state index contributed by atoms with van der Waals surface area (Å²) in [5.74, 6) is 0.638. The molecule has 1 saturated carbocycles. The summed E-state index contributed by atoms with van der Waals surface area (Å²) < 4.78 is 42.6. The van der Waals surface area contributed by atoms with Crippen molar-refractivity contribution in [3.8, 4) is 0 Å². The first-order valence-electron chi connectivity index (χ1n) is 10.1. The van der Waals surface area contributed by atoms with E-state index in [1.54, 1.807) is 11.0 Å².